The zero-order valence-corrected chi connectivity index (χ0v) is 11.0. The number of ether oxygens (including phenoxy) is 1. The van der Waals surface area contributed by atoms with E-state index >= 15 is 0 Å². The van der Waals surface area contributed by atoms with Crippen LogP contribution in [0.1, 0.15) is 30.0 Å². The lowest BCUT2D eigenvalue weighted by molar-refractivity contribution is 0.150. The zero-order valence-electron chi connectivity index (χ0n) is 11.0. The summed E-state index contributed by atoms with van der Waals surface area (Å²) < 4.78 is 6.04. The maximum absolute atomic E-state index is 6.23. The molecule has 0 bridgehead atoms. The van der Waals surface area contributed by atoms with Crippen LogP contribution in [0.3, 0.4) is 0 Å². The van der Waals surface area contributed by atoms with Gasteiger partial charge in [-0.2, -0.15) is 0 Å². The van der Waals surface area contributed by atoms with Crippen molar-refractivity contribution in [3.8, 4) is 5.75 Å². The lowest BCUT2D eigenvalue weighted by Gasteiger charge is -2.30. The largest absolute Gasteiger partial charge is 0.490 e. The molecule has 0 amide bonds. The monoisotopic (exact) mass is 253 g/mol. The highest BCUT2D eigenvalue weighted by Gasteiger charge is 2.25. The van der Waals surface area contributed by atoms with Gasteiger partial charge in [-0.3, -0.25) is 0 Å². The van der Waals surface area contributed by atoms with E-state index in [1.54, 1.807) is 0 Å². The molecule has 2 aromatic carbocycles. The highest BCUT2D eigenvalue weighted by molar-refractivity contribution is 5.37. The second-order valence-corrected chi connectivity index (χ2v) is 5.14. The second-order valence-electron chi connectivity index (χ2n) is 5.14. The number of benzene rings is 2. The van der Waals surface area contributed by atoms with Crippen LogP contribution in [0.25, 0.3) is 0 Å². The Morgan fingerprint density at radius 2 is 1.74 bits per heavy atom. The highest BCUT2D eigenvalue weighted by Crippen LogP contribution is 2.34. The molecule has 0 saturated carbocycles. The van der Waals surface area contributed by atoms with Crippen LogP contribution < -0.4 is 10.5 Å². The van der Waals surface area contributed by atoms with Gasteiger partial charge in [0, 0.05) is 18.0 Å². The summed E-state index contributed by atoms with van der Waals surface area (Å²) in [6.07, 6.45) is 3.20. The van der Waals surface area contributed by atoms with Crippen LogP contribution >= 0.6 is 0 Å². The van der Waals surface area contributed by atoms with E-state index in [2.05, 4.69) is 30.3 Å². The van der Waals surface area contributed by atoms with Crippen LogP contribution in [0, 0.1) is 0 Å². The van der Waals surface area contributed by atoms with Crippen molar-refractivity contribution in [2.45, 2.75) is 31.4 Å². The van der Waals surface area contributed by atoms with E-state index in [1.165, 1.54) is 5.56 Å². The van der Waals surface area contributed by atoms with Gasteiger partial charge in [0.2, 0.25) is 0 Å². The van der Waals surface area contributed by atoms with Gasteiger partial charge in [0.15, 0.2) is 0 Å². The molecule has 2 aromatic rings. The molecular weight excluding hydrogens is 234 g/mol. The minimum absolute atomic E-state index is 0.103. The topological polar surface area (TPSA) is 35.2 Å². The van der Waals surface area contributed by atoms with Gasteiger partial charge < -0.3 is 10.5 Å². The average Bonchev–Trinajstić information content (AvgIpc) is 2.46. The summed E-state index contributed by atoms with van der Waals surface area (Å²) in [6, 6.07) is 18.7. The molecule has 1 unspecified atom stereocenters. The summed E-state index contributed by atoms with van der Waals surface area (Å²) in [5.41, 5.74) is 8.72. The molecule has 2 N–H and O–H groups in total. The third kappa shape index (κ3) is 2.79. The lowest BCUT2D eigenvalue weighted by atomic mass is 9.94. The van der Waals surface area contributed by atoms with E-state index in [0.29, 0.717) is 0 Å². The summed E-state index contributed by atoms with van der Waals surface area (Å²) in [4.78, 5) is 0. The van der Waals surface area contributed by atoms with Crippen LogP contribution in [0.2, 0.25) is 0 Å². The van der Waals surface area contributed by atoms with Crippen LogP contribution in [0.5, 0.6) is 5.75 Å². The van der Waals surface area contributed by atoms with Crippen molar-refractivity contribution in [3.63, 3.8) is 0 Å². The molecule has 0 spiro atoms. The van der Waals surface area contributed by atoms with E-state index in [0.717, 1.165) is 30.6 Å². The molecule has 1 heterocycles. The fourth-order valence-electron chi connectivity index (χ4n) is 2.68. The summed E-state index contributed by atoms with van der Waals surface area (Å²) >= 11 is 0. The Hall–Kier alpha value is -1.80. The molecule has 0 aliphatic carbocycles. The molecule has 98 valence electrons. The number of para-hydroxylation sites is 1. The first kappa shape index (κ1) is 12.2. The molecule has 0 fully saturated rings. The molecule has 0 radical (unpaired) electrons. The number of nitrogens with two attached hydrogens (primary N) is 1. The molecule has 1 aliphatic rings. The van der Waals surface area contributed by atoms with Crippen molar-refractivity contribution < 1.29 is 4.74 Å². The van der Waals surface area contributed by atoms with Crippen LogP contribution in [0.15, 0.2) is 54.6 Å². The van der Waals surface area contributed by atoms with Gasteiger partial charge in [-0.1, -0.05) is 48.5 Å². The van der Waals surface area contributed by atoms with Crippen LogP contribution in [0.4, 0.5) is 0 Å². The maximum Gasteiger partial charge on any atom is 0.124 e. The average molecular weight is 253 g/mol. The molecule has 0 saturated heterocycles. The molecule has 3 rings (SSSR count). The predicted molar refractivity (Wildman–Crippen MR) is 77.2 cm³/mol. The Morgan fingerprint density at radius 1 is 1.00 bits per heavy atom. The molecular formula is C17H19NO. The summed E-state index contributed by atoms with van der Waals surface area (Å²) in [6.45, 7) is 0. The smallest absolute Gasteiger partial charge is 0.124 e. The SMILES string of the molecule is N[C@H]1CC(CCc2ccccc2)Oc2ccccc21. The van der Waals surface area contributed by atoms with Gasteiger partial charge in [-0.25, -0.2) is 0 Å². The highest BCUT2D eigenvalue weighted by atomic mass is 16.5. The molecule has 2 atom stereocenters. The predicted octanol–water partition coefficient (Wildman–Crippen LogP) is 3.47. The Kier molecular flexibility index (Phi) is 3.51. The number of hydrogen-bond acceptors (Lipinski definition) is 2. The second kappa shape index (κ2) is 5.45. The number of fused-ring (bicyclic) bond motifs is 1. The van der Waals surface area contributed by atoms with Gasteiger partial charge in [0.25, 0.3) is 0 Å². The maximum atomic E-state index is 6.23. The van der Waals surface area contributed by atoms with Gasteiger partial charge in [-0.05, 0) is 24.5 Å². The Morgan fingerprint density at radius 3 is 2.58 bits per heavy atom. The van der Waals surface area contributed by atoms with Gasteiger partial charge in [0.05, 0.1) is 0 Å². The Balaban J connectivity index is 1.65. The summed E-state index contributed by atoms with van der Waals surface area (Å²) in [5.74, 6) is 0.958. The first-order valence-electron chi connectivity index (χ1n) is 6.88. The molecule has 2 heteroatoms. The fourth-order valence-corrected chi connectivity index (χ4v) is 2.68. The fraction of sp³-hybridized carbons (Fsp3) is 0.294. The van der Waals surface area contributed by atoms with Gasteiger partial charge >= 0.3 is 0 Å². The van der Waals surface area contributed by atoms with Crippen molar-refractivity contribution >= 4 is 0 Å². The molecule has 19 heavy (non-hydrogen) atoms. The third-order valence-electron chi connectivity index (χ3n) is 3.73. The van der Waals surface area contributed by atoms with Crippen molar-refractivity contribution in [1.29, 1.82) is 0 Å². The summed E-state index contributed by atoms with van der Waals surface area (Å²) in [7, 11) is 0. The van der Waals surface area contributed by atoms with E-state index in [-0.39, 0.29) is 12.1 Å². The molecule has 1 aliphatic heterocycles. The first-order chi connectivity index (χ1) is 9.33. The summed E-state index contributed by atoms with van der Waals surface area (Å²) in [5, 5.41) is 0. The third-order valence-corrected chi connectivity index (χ3v) is 3.73. The van der Waals surface area contributed by atoms with Crippen LogP contribution in [-0.2, 0) is 6.42 Å². The van der Waals surface area contributed by atoms with Crippen molar-refractivity contribution in [1.82, 2.24) is 0 Å². The standard InChI is InChI=1S/C17H19NO/c18-16-12-14(11-10-13-6-2-1-3-7-13)19-17-9-5-4-8-15(16)17/h1-9,14,16H,10-12,18H2/t14?,16-/m0/s1. The minimum Gasteiger partial charge on any atom is -0.490 e. The van der Waals surface area contributed by atoms with Crippen LogP contribution in [-0.4, -0.2) is 6.10 Å². The van der Waals surface area contributed by atoms with Crippen molar-refractivity contribution in [2.75, 3.05) is 0 Å². The van der Waals surface area contributed by atoms with E-state index in [1.807, 2.05) is 24.3 Å². The van der Waals surface area contributed by atoms with E-state index in [9.17, 15) is 0 Å². The molecule has 2 nitrogen and oxygen atoms in total. The molecule has 0 aromatic heterocycles. The first-order valence-corrected chi connectivity index (χ1v) is 6.88. The normalized spacial score (nSPS) is 21.5. The Bertz CT molecular complexity index is 538. The quantitative estimate of drug-likeness (QED) is 0.909. The van der Waals surface area contributed by atoms with Gasteiger partial charge in [0.1, 0.15) is 11.9 Å². The van der Waals surface area contributed by atoms with Crippen molar-refractivity contribution in [2.24, 2.45) is 5.73 Å². The minimum atomic E-state index is 0.103. The number of hydrogen-bond donors (Lipinski definition) is 1. The lowest BCUT2D eigenvalue weighted by Crippen LogP contribution is -2.29. The van der Waals surface area contributed by atoms with Gasteiger partial charge in [-0.15, -0.1) is 0 Å². The van der Waals surface area contributed by atoms with E-state index < -0.39 is 0 Å². The Labute approximate surface area is 114 Å². The van der Waals surface area contributed by atoms with Crippen molar-refractivity contribution in [3.05, 3.63) is 65.7 Å². The number of aryl methyl sites for hydroxylation is 1. The van der Waals surface area contributed by atoms with E-state index in [4.69, 9.17) is 10.5 Å². The number of rotatable bonds is 3. The zero-order chi connectivity index (χ0) is 13.1.